The number of pyridine rings is 1. The number of benzene rings is 1. The van der Waals surface area contributed by atoms with Crippen LogP contribution in [-0.4, -0.2) is 45.6 Å². The van der Waals surface area contributed by atoms with Gasteiger partial charge in [0.15, 0.2) is 0 Å². The molecular weight excluding hydrogens is 377 g/mol. The highest BCUT2D eigenvalue weighted by Gasteiger charge is 2.18. The standard InChI is InChI=1S/C20H22FN5O3/c1-24(2)16(12-6-5-7-14(21)8-12)11-23-18(27)13-9-15-17(22-10-13)25(3)20(29)26(4)19(15)28/h5-10,16H,11H2,1-4H3,(H,23,27)/t16-/m1/s1. The molecule has 3 aromatic rings. The number of fused-ring (bicyclic) bond motifs is 1. The topological polar surface area (TPSA) is 89.2 Å². The molecule has 0 bridgehead atoms. The van der Waals surface area contributed by atoms with Crippen molar-refractivity contribution >= 4 is 16.9 Å². The lowest BCUT2D eigenvalue weighted by molar-refractivity contribution is 0.0941. The molecule has 3 rings (SSSR count). The number of likely N-dealkylation sites (N-methyl/N-ethyl adjacent to an activating group) is 1. The van der Waals surface area contributed by atoms with Gasteiger partial charge in [0.25, 0.3) is 11.5 Å². The largest absolute Gasteiger partial charge is 0.350 e. The Hall–Kier alpha value is -3.33. The fraction of sp³-hybridized carbons (Fsp3) is 0.300. The van der Waals surface area contributed by atoms with Crippen molar-refractivity contribution in [1.29, 1.82) is 0 Å². The molecule has 0 unspecified atom stereocenters. The Morgan fingerprint density at radius 2 is 1.93 bits per heavy atom. The van der Waals surface area contributed by atoms with E-state index in [1.54, 1.807) is 12.1 Å². The van der Waals surface area contributed by atoms with Crippen LogP contribution in [0.15, 0.2) is 46.1 Å². The van der Waals surface area contributed by atoms with Crippen molar-refractivity contribution in [2.24, 2.45) is 14.1 Å². The average molecular weight is 399 g/mol. The molecule has 2 aromatic heterocycles. The van der Waals surface area contributed by atoms with Crippen LogP contribution in [0, 0.1) is 5.82 Å². The van der Waals surface area contributed by atoms with Crippen LogP contribution in [0.1, 0.15) is 22.0 Å². The highest BCUT2D eigenvalue weighted by molar-refractivity contribution is 5.96. The Morgan fingerprint density at radius 1 is 1.21 bits per heavy atom. The zero-order valence-corrected chi connectivity index (χ0v) is 16.6. The minimum absolute atomic E-state index is 0.177. The van der Waals surface area contributed by atoms with E-state index >= 15 is 0 Å². The fourth-order valence-electron chi connectivity index (χ4n) is 3.19. The summed E-state index contributed by atoms with van der Waals surface area (Å²) in [7, 11) is 6.56. The molecule has 0 aliphatic carbocycles. The van der Waals surface area contributed by atoms with Crippen LogP contribution in [0.5, 0.6) is 0 Å². The molecule has 1 atom stereocenters. The molecular formula is C20H22FN5O3. The van der Waals surface area contributed by atoms with E-state index in [-0.39, 0.29) is 35.0 Å². The number of nitrogens with one attached hydrogen (secondary N) is 1. The second-order valence-electron chi connectivity index (χ2n) is 7.05. The summed E-state index contributed by atoms with van der Waals surface area (Å²) in [5.41, 5.74) is 0.133. The maximum Gasteiger partial charge on any atom is 0.332 e. The Balaban J connectivity index is 1.88. The first kappa shape index (κ1) is 20.4. The number of rotatable bonds is 5. The number of nitrogens with zero attached hydrogens (tertiary/aromatic N) is 4. The number of amides is 1. The normalized spacial score (nSPS) is 12.3. The summed E-state index contributed by atoms with van der Waals surface area (Å²) in [4.78, 5) is 43.0. The van der Waals surface area contributed by atoms with Gasteiger partial charge in [-0.05, 0) is 37.9 Å². The smallest absolute Gasteiger partial charge is 0.332 e. The summed E-state index contributed by atoms with van der Waals surface area (Å²) in [5.74, 6) is -0.764. The van der Waals surface area contributed by atoms with E-state index in [0.29, 0.717) is 0 Å². The van der Waals surface area contributed by atoms with E-state index in [4.69, 9.17) is 0 Å². The second kappa shape index (κ2) is 7.96. The van der Waals surface area contributed by atoms with Gasteiger partial charge in [-0.1, -0.05) is 12.1 Å². The number of aryl methyl sites for hydroxylation is 1. The number of hydrogen-bond acceptors (Lipinski definition) is 5. The first-order chi connectivity index (χ1) is 13.7. The third-order valence-electron chi connectivity index (χ3n) is 4.87. The van der Waals surface area contributed by atoms with Crippen molar-refractivity contribution in [2.45, 2.75) is 6.04 Å². The van der Waals surface area contributed by atoms with Crippen LogP contribution in [0.2, 0.25) is 0 Å². The predicted molar refractivity (Wildman–Crippen MR) is 107 cm³/mol. The quantitative estimate of drug-likeness (QED) is 0.686. The number of hydrogen-bond donors (Lipinski definition) is 1. The third kappa shape index (κ3) is 3.95. The van der Waals surface area contributed by atoms with E-state index in [1.165, 1.54) is 43.1 Å². The van der Waals surface area contributed by atoms with Crippen molar-refractivity contribution in [2.75, 3.05) is 20.6 Å². The molecule has 152 valence electrons. The number of carbonyl (C=O) groups excluding carboxylic acids is 1. The van der Waals surface area contributed by atoms with Gasteiger partial charge in [0.2, 0.25) is 0 Å². The van der Waals surface area contributed by atoms with E-state index in [9.17, 15) is 18.8 Å². The van der Waals surface area contributed by atoms with Gasteiger partial charge < -0.3 is 10.2 Å². The Morgan fingerprint density at radius 3 is 2.59 bits per heavy atom. The van der Waals surface area contributed by atoms with Crippen molar-refractivity contribution in [3.05, 3.63) is 74.3 Å². The first-order valence-corrected chi connectivity index (χ1v) is 8.96. The van der Waals surface area contributed by atoms with E-state index in [1.807, 2.05) is 19.0 Å². The number of carbonyl (C=O) groups is 1. The zero-order chi connectivity index (χ0) is 21.3. The molecule has 0 spiro atoms. The summed E-state index contributed by atoms with van der Waals surface area (Å²) < 4.78 is 15.8. The SMILES string of the molecule is CN(C)[C@H](CNC(=O)c1cnc2c(c1)c(=O)n(C)c(=O)n2C)c1cccc(F)c1. The Kier molecular flexibility index (Phi) is 5.60. The molecule has 1 amide bonds. The summed E-state index contributed by atoms with van der Waals surface area (Å²) in [5, 5.41) is 2.98. The van der Waals surface area contributed by atoms with Gasteiger partial charge >= 0.3 is 5.69 Å². The summed E-state index contributed by atoms with van der Waals surface area (Å²) >= 11 is 0. The highest BCUT2D eigenvalue weighted by atomic mass is 19.1. The van der Waals surface area contributed by atoms with Crippen molar-refractivity contribution in [1.82, 2.24) is 24.3 Å². The van der Waals surface area contributed by atoms with Crippen LogP contribution in [0.3, 0.4) is 0 Å². The number of aromatic nitrogens is 3. The lowest BCUT2D eigenvalue weighted by atomic mass is 10.1. The maximum atomic E-state index is 13.6. The van der Waals surface area contributed by atoms with Crippen LogP contribution >= 0.6 is 0 Å². The fourth-order valence-corrected chi connectivity index (χ4v) is 3.19. The molecule has 9 heteroatoms. The van der Waals surface area contributed by atoms with Crippen LogP contribution in [0.25, 0.3) is 11.0 Å². The molecule has 0 aliphatic heterocycles. The van der Waals surface area contributed by atoms with Crippen molar-refractivity contribution in [3.8, 4) is 0 Å². The predicted octanol–water partition coefficient (Wildman–Crippen LogP) is 0.804. The van der Waals surface area contributed by atoms with E-state index < -0.39 is 17.2 Å². The first-order valence-electron chi connectivity index (χ1n) is 8.96. The third-order valence-corrected chi connectivity index (χ3v) is 4.87. The Labute approximate surface area is 166 Å². The monoisotopic (exact) mass is 399 g/mol. The van der Waals surface area contributed by atoms with Gasteiger partial charge in [-0.15, -0.1) is 0 Å². The molecule has 0 saturated carbocycles. The van der Waals surface area contributed by atoms with E-state index in [2.05, 4.69) is 10.3 Å². The van der Waals surface area contributed by atoms with Crippen LogP contribution in [0.4, 0.5) is 4.39 Å². The molecule has 2 heterocycles. The lowest BCUT2D eigenvalue weighted by Crippen LogP contribution is -2.38. The second-order valence-corrected chi connectivity index (χ2v) is 7.05. The minimum atomic E-state index is -0.517. The van der Waals surface area contributed by atoms with Gasteiger partial charge in [0.05, 0.1) is 17.0 Å². The van der Waals surface area contributed by atoms with Crippen molar-refractivity contribution < 1.29 is 9.18 Å². The molecule has 0 radical (unpaired) electrons. The van der Waals surface area contributed by atoms with Gasteiger partial charge in [-0.2, -0.15) is 0 Å². The Bertz CT molecular complexity index is 1200. The minimum Gasteiger partial charge on any atom is -0.350 e. The molecule has 29 heavy (non-hydrogen) atoms. The molecule has 0 aliphatic rings. The van der Waals surface area contributed by atoms with Crippen LogP contribution < -0.4 is 16.6 Å². The van der Waals surface area contributed by atoms with Crippen molar-refractivity contribution in [3.63, 3.8) is 0 Å². The molecule has 1 N–H and O–H groups in total. The zero-order valence-electron chi connectivity index (χ0n) is 16.6. The van der Waals surface area contributed by atoms with Gasteiger partial charge in [-0.25, -0.2) is 14.2 Å². The van der Waals surface area contributed by atoms with Gasteiger partial charge in [0, 0.05) is 26.8 Å². The maximum absolute atomic E-state index is 13.6. The lowest BCUT2D eigenvalue weighted by Gasteiger charge is -2.25. The summed E-state index contributed by atoms with van der Waals surface area (Å²) in [6.45, 7) is 0.235. The van der Waals surface area contributed by atoms with Crippen LogP contribution in [-0.2, 0) is 14.1 Å². The number of halogens is 1. The summed E-state index contributed by atoms with van der Waals surface area (Å²) in [6, 6.07) is 7.39. The van der Waals surface area contributed by atoms with Gasteiger partial charge in [0.1, 0.15) is 11.5 Å². The molecule has 0 fully saturated rings. The molecule has 1 aromatic carbocycles. The molecule has 8 nitrogen and oxygen atoms in total. The highest BCUT2D eigenvalue weighted by Crippen LogP contribution is 2.18. The summed E-state index contributed by atoms with van der Waals surface area (Å²) in [6.07, 6.45) is 1.32. The van der Waals surface area contributed by atoms with Gasteiger partial charge in [-0.3, -0.25) is 18.7 Å². The average Bonchev–Trinajstić information content (AvgIpc) is 2.70. The van der Waals surface area contributed by atoms with E-state index in [0.717, 1.165) is 10.1 Å². The molecule has 0 saturated heterocycles.